The highest BCUT2D eigenvalue weighted by Crippen LogP contribution is 2.27. The summed E-state index contributed by atoms with van der Waals surface area (Å²) in [5.41, 5.74) is 8.74. The van der Waals surface area contributed by atoms with Crippen LogP contribution in [-0.4, -0.2) is 4.57 Å². The molecule has 0 radical (unpaired) electrons. The number of aromatic nitrogens is 1. The van der Waals surface area contributed by atoms with E-state index in [1.54, 1.807) is 12.1 Å². The quantitative estimate of drug-likeness (QED) is 0.770. The van der Waals surface area contributed by atoms with Gasteiger partial charge in [0.25, 0.3) is 0 Å². The van der Waals surface area contributed by atoms with Crippen LogP contribution in [0.5, 0.6) is 0 Å². The molecule has 2 nitrogen and oxygen atoms in total. The van der Waals surface area contributed by atoms with Crippen LogP contribution in [0.15, 0.2) is 53.1 Å². The molecule has 1 aromatic heterocycles. The summed E-state index contributed by atoms with van der Waals surface area (Å²) in [6, 6.07) is 12.9. The zero-order valence-electron chi connectivity index (χ0n) is 10.8. The third-order valence-corrected chi connectivity index (χ3v) is 4.10. The van der Waals surface area contributed by atoms with E-state index in [4.69, 9.17) is 5.73 Å². The third-order valence-electron chi connectivity index (χ3n) is 3.47. The van der Waals surface area contributed by atoms with E-state index in [0.717, 1.165) is 26.5 Å². The number of nitrogens with two attached hydrogens (primary N) is 1. The van der Waals surface area contributed by atoms with Crippen LogP contribution in [0.25, 0.3) is 10.9 Å². The molecular weight excluding hydrogens is 319 g/mol. The zero-order chi connectivity index (χ0) is 14.1. The van der Waals surface area contributed by atoms with E-state index in [0.29, 0.717) is 13.1 Å². The molecular formula is C16H14BrFN2. The minimum atomic E-state index is -0.229. The van der Waals surface area contributed by atoms with Gasteiger partial charge in [-0.3, -0.25) is 0 Å². The number of para-hydroxylation sites is 1. The molecule has 0 fully saturated rings. The van der Waals surface area contributed by atoms with Crippen molar-refractivity contribution in [1.29, 1.82) is 0 Å². The molecule has 0 bridgehead atoms. The maximum atomic E-state index is 13.4. The van der Waals surface area contributed by atoms with Crippen LogP contribution in [0.3, 0.4) is 0 Å². The first-order chi connectivity index (χ1) is 9.69. The average molecular weight is 333 g/mol. The molecule has 0 aliphatic rings. The van der Waals surface area contributed by atoms with Gasteiger partial charge >= 0.3 is 0 Å². The number of hydrogen-bond donors (Lipinski definition) is 1. The van der Waals surface area contributed by atoms with Crippen LogP contribution in [0.2, 0.25) is 0 Å². The largest absolute Gasteiger partial charge is 0.342 e. The van der Waals surface area contributed by atoms with Gasteiger partial charge in [0, 0.05) is 34.7 Å². The van der Waals surface area contributed by atoms with Crippen molar-refractivity contribution in [3.05, 3.63) is 70.1 Å². The van der Waals surface area contributed by atoms with Crippen molar-refractivity contribution in [2.75, 3.05) is 0 Å². The second-order valence-electron chi connectivity index (χ2n) is 4.74. The number of fused-ring (bicyclic) bond motifs is 1. The van der Waals surface area contributed by atoms with E-state index in [1.807, 2.05) is 18.3 Å². The Morgan fingerprint density at radius 1 is 1.10 bits per heavy atom. The number of benzene rings is 2. The van der Waals surface area contributed by atoms with Crippen molar-refractivity contribution in [1.82, 2.24) is 4.57 Å². The molecule has 2 N–H and O–H groups in total. The first-order valence-corrected chi connectivity index (χ1v) is 7.19. The molecule has 0 spiro atoms. The van der Waals surface area contributed by atoms with Crippen molar-refractivity contribution in [3.8, 4) is 0 Å². The van der Waals surface area contributed by atoms with Gasteiger partial charge in [-0.15, -0.1) is 0 Å². The molecule has 0 unspecified atom stereocenters. The lowest BCUT2D eigenvalue weighted by molar-refractivity contribution is 0.622. The molecule has 0 amide bonds. The number of halogens is 2. The summed E-state index contributed by atoms with van der Waals surface area (Å²) in [5.74, 6) is -0.229. The summed E-state index contributed by atoms with van der Waals surface area (Å²) in [6.07, 6.45) is 2.02. The fourth-order valence-electron chi connectivity index (χ4n) is 2.46. The number of nitrogens with zero attached hydrogens (tertiary/aromatic N) is 1. The summed E-state index contributed by atoms with van der Waals surface area (Å²) in [4.78, 5) is 0. The Balaban J connectivity index is 2.08. The highest BCUT2D eigenvalue weighted by Gasteiger charge is 2.09. The van der Waals surface area contributed by atoms with Gasteiger partial charge in [0.2, 0.25) is 0 Å². The molecule has 20 heavy (non-hydrogen) atoms. The van der Waals surface area contributed by atoms with E-state index in [1.165, 1.54) is 6.07 Å². The first kappa shape index (κ1) is 13.3. The van der Waals surface area contributed by atoms with E-state index in [2.05, 4.69) is 32.6 Å². The molecule has 1 heterocycles. The molecule has 0 saturated heterocycles. The molecule has 102 valence electrons. The SMILES string of the molecule is NCc1ccc(F)cc1Cn1cc(Br)c2ccccc21. The maximum Gasteiger partial charge on any atom is 0.123 e. The smallest absolute Gasteiger partial charge is 0.123 e. The first-order valence-electron chi connectivity index (χ1n) is 6.40. The van der Waals surface area contributed by atoms with Crippen molar-refractivity contribution in [2.45, 2.75) is 13.1 Å². The lowest BCUT2D eigenvalue weighted by Gasteiger charge is -2.10. The van der Waals surface area contributed by atoms with Gasteiger partial charge in [-0.25, -0.2) is 4.39 Å². The third kappa shape index (κ3) is 2.37. The Hall–Kier alpha value is -1.65. The van der Waals surface area contributed by atoms with Crippen molar-refractivity contribution >= 4 is 26.8 Å². The van der Waals surface area contributed by atoms with E-state index in [9.17, 15) is 4.39 Å². The predicted molar refractivity (Wildman–Crippen MR) is 83.0 cm³/mol. The molecule has 2 aromatic carbocycles. The zero-order valence-corrected chi connectivity index (χ0v) is 12.4. The van der Waals surface area contributed by atoms with Gasteiger partial charge < -0.3 is 10.3 Å². The van der Waals surface area contributed by atoms with Crippen LogP contribution in [0, 0.1) is 5.82 Å². The highest BCUT2D eigenvalue weighted by atomic mass is 79.9. The maximum absolute atomic E-state index is 13.4. The number of rotatable bonds is 3. The van der Waals surface area contributed by atoms with E-state index in [-0.39, 0.29) is 5.82 Å². The van der Waals surface area contributed by atoms with Crippen molar-refractivity contribution in [3.63, 3.8) is 0 Å². The summed E-state index contributed by atoms with van der Waals surface area (Å²) in [7, 11) is 0. The normalized spacial score (nSPS) is 11.2. The lowest BCUT2D eigenvalue weighted by Crippen LogP contribution is -2.06. The van der Waals surface area contributed by atoms with Crippen LogP contribution < -0.4 is 5.73 Å². The fraction of sp³-hybridized carbons (Fsp3) is 0.125. The number of hydrogen-bond acceptors (Lipinski definition) is 1. The van der Waals surface area contributed by atoms with Crippen LogP contribution in [0.1, 0.15) is 11.1 Å². The van der Waals surface area contributed by atoms with Crippen LogP contribution >= 0.6 is 15.9 Å². The molecule has 4 heteroatoms. The Labute approximate surface area is 125 Å². The second-order valence-corrected chi connectivity index (χ2v) is 5.59. The van der Waals surface area contributed by atoms with Gasteiger partial charge in [0.15, 0.2) is 0 Å². The molecule has 0 saturated carbocycles. The van der Waals surface area contributed by atoms with Gasteiger partial charge in [-0.1, -0.05) is 24.3 Å². The summed E-state index contributed by atoms with van der Waals surface area (Å²) in [5, 5.41) is 1.15. The molecule has 3 aromatic rings. The van der Waals surface area contributed by atoms with Crippen LogP contribution in [-0.2, 0) is 13.1 Å². The minimum absolute atomic E-state index is 0.229. The van der Waals surface area contributed by atoms with Gasteiger partial charge in [0.05, 0.1) is 0 Å². The minimum Gasteiger partial charge on any atom is -0.342 e. The van der Waals surface area contributed by atoms with E-state index >= 15 is 0 Å². The topological polar surface area (TPSA) is 30.9 Å². The molecule has 0 aliphatic carbocycles. The van der Waals surface area contributed by atoms with E-state index < -0.39 is 0 Å². The highest BCUT2D eigenvalue weighted by molar-refractivity contribution is 9.10. The second kappa shape index (κ2) is 5.38. The molecule has 0 atom stereocenters. The molecule has 3 rings (SSSR count). The average Bonchev–Trinajstić information content (AvgIpc) is 2.76. The monoisotopic (exact) mass is 332 g/mol. The van der Waals surface area contributed by atoms with Gasteiger partial charge in [-0.2, -0.15) is 0 Å². The summed E-state index contributed by atoms with van der Waals surface area (Å²) >= 11 is 3.56. The molecule has 0 aliphatic heterocycles. The lowest BCUT2D eigenvalue weighted by atomic mass is 10.1. The van der Waals surface area contributed by atoms with Crippen molar-refractivity contribution in [2.24, 2.45) is 5.73 Å². The predicted octanol–water partition coefficient (Wildman–Crippen LogP) is 4.05. The van der Waals surface area contributed by atoms with Gasteiger partial charge in [0.1, 0.15) is 5.82 Å². The Kier molecular flexibility index (Phi) is 3.59. The Bertz CT molecular complexity index is 764. The Morgan fingerprint density at radius 3 is 2.70 bits per heavy atom. The standard InChI is InChI=1S/C16H14BrFN2/c17-15-10-20(16-4-2-1-3-14(15)16)9-12-7-13(18)6-5-11(12)8-19/h1-7,10H,8-9,19H2. The Morgan fingerprint density at radius 2 is 1.90 bits per heavy atom. The van der Waals surface area contributed by atoms with Crippen molar-refractivity contribution < 1.29 is 4.39 Å². The fourth-order valence-corrected chi connectivity index (χ4v) is 3.04. The van der Waals surface area contributed by atoms with Gasteiger partial charge in [-0.05, 0) is 45.3 Å². The summed E-state index contributed by atoms with van der Waals surface area (Å²) in [6.45, 7) is 1.02. The van der Waals surface area contributed by atoms with Crippen LogP contribution in [0.4, 0.5) is 4.39 Å². The summed E-state index contributed by atoms with van der Waals surface area (Å²) < 4.78 is 16.6.